The van der Waals surface area contributed by atoms with Crippen LogP contribution in [0.3, 0.4) is 0 Å². The lowest BCUT2D eigenvalue weighted by atomic mass is 10.1. The summed E-state index contributed by atoms with van der Waals surface area (Å²) in [5.74, 6) is 0. The predicted molar refractivity (Wildman–Crippen MR) is 101 cm³/mol. The molecule has 0 rings (SSSR count). The number of rotatable bonds is 17. The van der Waals surface area contributed by atoms with Crippen LogP contribution in [-0.2, 0) is 4.74 Å². The molecular weight excluding hydrogens is 286 g/mol. The molecule has 0 bridgehead atoms. The molecule has 0 fully saturated rings. The summed E-state index contributed by atoms with van der Waals surface area (Å²) in [4.78, 5) is 0. The maximum absolute atomic E-state index is 9.84. The van der Waals surface area contributed by atoms with E-state index in [0.29, 0.717) is 6.61 Å². The maximum atomic E-state index is 9.84. The summed E-state index contributed by atoms with van der Waals surface area (Å²) in [6, 6.07) is 0. The molecule has 23 heavy (non-hydrogen) atoms. The van der Waals surface area contributed by atoms with Crippen molar-refractivity contribution in [1.82, 2.24) is 0 Å². The van der Waals surface area contributed by atoms with Crippen LogP contribution in [0.2, 0.25) is 0 Å². The molecule has 0 aliphatic heterocycles. The number of hydrogen-bond donors (Lipinski definition) is 1. The number of aliphatic hydroxyl groups is 1. The summed E-state index contributed by atoms with van der Waals surface area (Å²) in [7, 11) is 6.28. The van der Waals surface area contributed by atoms with Crippen LogP contribution >= 0.6 is 0 Å². The normalized spacial score (nSPS) is 13.4. The lowest BCUT2D eigenvalue weighted by Gasteiger charge is -2.26. The first kappa shape index (κ1) is 22.9. The van der Waals surface area contributed by atoms with E-state index in [2.05, 4.69) is 28.1 Å². The fraction of sp³-hybridized carbons (Fsp3) is 1.00. The Morgan fingerprint density at radius 1 is 0.739 bits per heavy atom. The Morgan fingerprint density at radius 2 is 1.17 bits per heavy atom. The first-order valence-electron chi connectivity index (χ1n) is 10.0. The molecule has 0 spiro atoms. The standard InChI is InChI=1S/C20H44NO2/c1-5-6-7-8-9-10-11-12-13-14-15-16-17-23-19-20(22)18-21(2,3)4/h20,22H,5-19H2,1-4H3/q+1. The summed E-state index contributed by atoms with van der Waals surface area (Å²) in [5.41, 5.74) is 0. The van der Waals surface area contributed by atoms with Crippen molar-refractivity contribution in [3.63, 3.8) is 0 Å². The van der Waals surface area contributed by atoms with Gasteiger partial charge < -0.3 is 14.3 Å². The van der Waals surface area contributed by atoms with Crippen LogP contribution < -0.4 is 0 Å². The van der Waals surface area contributed by atoms with Crippen molar-refractivity contribution in [2.75, 3.05) is 40.9 Å². The fourth-order valence-electron chi connectivity index (χ4n) is 2.95. The first-order valence-corrected chi connectivity index (χ1v) is 10.0. The lowest BCUT2D eigenvalue weighted by molar-refractivity contribution is -0.873. The number of ether oxygens (including phenoxy) is 1. The van der Waals surface area contributed by atoms with Crippen LogP contribution in [0.5, 0.6) is 0 Å². The lowest BCUT2D eigenvalue weighted by Crippen LogP contribution is -2.43. The van der Waals surface area contributed by atoms with Crippen molar-refractivity contribution in [1.29, 1.82) is 0 Å². The molecule has 0 radical (unpaired) electrons. The van der Waals surface area contributed by atoms with Crippen LogP contribution in [0.1, 0.15) is 84.0 Å². The van der Waals surface area contributed by atoms with E-state index in [1.807, 2.05) is 0 Å². The molecule has 0 saturated carbocycles. The van der Waals surface area contributed by atoms with Gasteiger partial charge in [0, 0.05) is 6.61 Å². The summed E-state index contributed by atoms with van der Waals surface area (Å²) in [5, 5.41) is 9.84. The number of hydrogen-bond acceptors (Lipinski definition) is 2. The zero-order valence-corrected chi connectivity index (χ0v) is 16.5. The Morgan fingerprint density at radius 3 is 1.61 bits per heavy atom. The second kappa shape index (κ2) is 15.4. The first-order chi connectivity index (χ1) is 11.0. The highest BCUT2D eigenvalue weighted by Crippen LogP contribution is 2.11. The molecule has 140 valence electrons. The van der Waals surface area contributed by atoms with E-state index in [1.54, 1.807) is 0 Å². The monoisotopic (exact) mass is 330 g/mol. The van der Waals surface area contributed by atoms with Crippen molar-refractivity contribution >= 4 is 0 Å². The average Bonchev–Trinajstić information content (AvgIpc) is 2.46. The highest BCUT2D eigenvalue weighted by atomic mass is 16.5. The van der Waals surface area contributed by atoms with E-state index >= 15 is 0 Å². The molecule has 0 aliphatic carbocycles. The van der Waals surface area contributed by atoms with Gasteiger partial charge in [-0.2, -0.15) is 0 Å². The van der Waals surface area contributed by atoms with Gasteiger partial charge in [-0.25, -0.2) is 0 Å². The maximum Gasteiger partial charge on any atom is 0.126 e. The van der Waals surface area contributed by atoms with Crippen LogP contribution in [0, 0.1) is 0 Å². The Bertz CT molecular complexity index is 238. The molecule has 0 saturated heterocycles. The molecule has 0 aromatic rings. The van der Waals surface area contributed by atoms with Gasteiger partial charge in [0.15, 0.2) is 0 Å². The van der Waals surface area contributed by atoms with E-state index < -0.39 is 0 Å². The van der Waals surface area contributed by atoms with E-state index in [0.717, 1.165) is 24.1 Å². The van der Waals surface area contributed by atoms with E-state index in [-0.39, 0.29) is 6.10 Å². The molecular formula is C20H44NO2+. The van der Waals surface area contributed by atoms with E-state index in [4.69, 9.17) is 4.74 Å². The molecule has 0 aromatic heterocycles. The second-order valence-electron chi connectivity index (χ2n) is 8.09. The third-order valence-corrected chi connectivity index (χ3v) is 4.21. The molecule has 0 aliphatic rings. The number of likely N-dealkylation sites (N-methyl/N-ethyl adjacent to an activating group) is 1. The molecule has 1 unspecified atom stereocenters. The Labute approximate surface area is 146 Å². The largest absolute Gasteiger partial charge is 0.385 e. The Balaban J connectivity index is 3.13. The topological polar surface area (TPSA) is 29.5 Å². The van der Waals surface area contributed by atoms with Gasteiger partial charge in [-0.05, 0) is 6.42 Å². The smallest absolute Gasteiger partial charge is 0.126 e. The molecule has 3 heteroatoms. The quantitative estimate of drug-likeness (QED) is 0.307. The fourth-order valence-corrected chi connectivity index (χ4v) is 2.95. The minimum absolute atomic E-state index is 0.340. The molecule has 1 atom stereocenters. The number of unbranched alkanes of at least 4 members (excludes halogenated alkanes) is 11. The SMILES string of the molecule is CCCCCCCCCCCCCCOCC(O)C[N+](C)(C)C. The molecule has 0 amide bonds. The predicted octanol–water partition coefficient (Wildman–Crippen LogP) is 4.77. The molecule has 1 N–H and O–H groups in total. The Hall–Kier alpha value is -0.120. The van der Waals surface area contributed by atoms with Gasteiger partial charge in [0.2, 0.25) is 0 Å². The van der Waals surface area contributed by atoms with Crippen LogP contribution in [-0.4, -0.2) is 56.6 Å². The highest BCUT2D eigenvalue weighted by Gasteiger charge is 2.15. The second-order valence-corrected chi connectivity index (χ2v) is 8.09. The summed E-state index contributed by atoms with van der Waals surface area (Å²) in [6.45, 7) is 4.30. The zero-order chi connectivity index (χ0) is 17.4. The third-order valence-electron chi connectivity index (χ3n) is 4.21. The zero-order valence-electron chi connectivity index (χ0n) is 16.5. The number of quaternary nitrogens is 1. The highest BCUT2D eigenvalue weighted by molar-refractivity contribution is 4.52. The summed E-state index contributed by atoms with van der Waals surface area (Å²) in [6.07, 6.45) is 16.1. The van der Waals surface area contributed by atoms with Gasteiger partial charge in [0.25, 0.3) is 0 Å². The van der Waals surface area contributed by atoms with Crippen LogP contribution in [0.4, 0.5) is 0 Å². The van der Waals surface area contributed by atoms with Crippen molar-refractivity contribution in [2.24, 2.45) is 0 Å². The van der Waals surface area contributed by atoms with Gasteiger partial charge in [-0.3, -0.25) is 0 Å². The summed E-state index contributed by atoms with van der Waals surface area (Å²) < 4.78 is 6.35. The van der Waals surface area contributed by atoms with Crippen molar-refractivity contribution in [3.8, 4) is 0 Å². The average molecular weight is 331 g/mol. The van der Waals surface area contributed by atoms with Crippen molar-refractivity contribution in [3.05, 3.63) is 0 Å². The van der Waals surface area contributed by atoms with Gasteiger partial charge in [-0.15, -0.1) is 0 Å². The number of nitrogens with zero attached hydrogens (tertiary/aromatic N) is 1. The molecule has 0 heterocycles. The van der Waals surface area contributed by atoms with Crippen LogP contribution in [0.15, 0.2) is 0 Å². The minimum atomic E-state index is -0.340. The van der Waals surface area contributed by atoms with Crippen LogP contribution in [0.25, 0.3) is 0 Å². The van der Waals surface area contributed by atoms with Crippen molar-refractivity contribution in [2.45, 2.75) is 90.1 Å². The van der Waals surface area contributed by atoms with E-state index in [9.17, 15) is 5.11 Å². The number of aliphatic hydroxyl groups excluding tert-OH is 1. The third kappa shape index (κ3) is 19.8. The molecule has 0 aromatic carbocycles. The van der Waals surface area contributed by atoms with Gasteiger partial charge in [0.05, 0.1) is 27.7 Å². The minimum Gasteiger partial charge on any atom is -0.385 e. The van der Waals surface area contributed by atoms with Gasteiger partial charge in [0.1, 0.15) is 12.6 Å². The van der Waals surface area contributed by atoms with Gasteiger partial charge >= 0.3 is 0 Å². The molecule has 3 nitrogen and oxygen atoms in total. The Kier molecular flexibility index (Phi) is 15.3. The van der Waals surface area contributed by atoms with Crippen molar-refractivity contribution < 1.29 is 14.3 Å². The van der Waals surface area contributed by atoms with E-state index in [1.165, 1.54) is 70.6 Å². The summed E-state index contributed by atoms with van der Waals surface area (Å²) >= 11 is 0. The van der Waals surface area contributed by atoms with Gasteiger partial charge in [-0.1, -0.05) is 77.6 Å².